The van der Waals surface area contributed by atoms with Crippen LogP contribution in [0.3, 0.4) is 0 Å². The van der Waals surface area contributed by atoms with Gasteiger partial charge in [-0.3, -0.25) is 9.59 Å². The molecule has 0 bridgehead atoms. The molecule has 0 spiro atoms. The summed E-state index contributed by atoms with van der Waals surface area (Å²) >= 11 is 1.41. The van der Waals surface area contributed by atoms with Crippen LogP contribution < -0.4 is 10.2 Å². The molecule has 0 aliphatic carbocycles. The van der Waals surface area contributed by atoms with Gasteiger partial charge in [0.2, 0.25) is 5.91 Å². The van der Waals surface area contributed by atoms with Crippen molar-refractivity contribution in [3.05, 3.63) is 51.7 Å². The number of carbonyl (C=O) groups excluding carboxylic acids is 2. The van der Waals surface area contributed by atoms with Gasteiger partial charge in [0.25, 0.3) is 5.91 Å². The Morgan fingerprint density at radius 1 is 1.08 bits per heavy atom. The summed E-state index contributed by atoms with van der Waals surface area (Å²) in [6.07, 6.45) is 1.74. The Labute approximate surface area is 147 Å². The third kappa shape index (κ3) is 4.23. The van der Waals surface area contributed by atoms with Crippen LogP contribution in [0.25, 0.3) is 0 Å². The Morgan fingerprint density at radius 2 is 1.75 bits per heavy atom. The third-order valence-electron chi connectivity index (χ3n) is 3.98. The summed E-state index contributed by atoms with van der Waals surface area (Å²) in [6, 6.07) is 9.82. The fourth-order valence-corrected chi connectivity index (χ4v) is 3.40. The lowest BCUT2D eigenvalue weighted by molar-refractivity contribution is -0.116. The quantitative estimate of drug-likeness (QED) is 0.833. The van der Waals surface area contributed by atoms with E-state index in [2.05, 4.69) is 31.3 Å². The average Bonchev–Trinajstić information content (AvgIpc) is 3.12. The second kappa shape index (κ2) is 8.64. The van der Waals surface area contributed by atoms with E-state index in [9.17, 15) is 9.59 Å². The van der Waals surface area contributed by atoms with Gasteiger partial charge in [-0.05, 0) is 35.4 Å². The zero-order valence-electron chi connectivity index (χ0n) is 14.5. The number of anilines is 1. The second-order valence-electron chi connectivity index (χ2n) is 5.54. The highest BCUT2D eigenvalue weighted by Gasteiger charge is 2.18. The first-order valence-corrected chi connectivity index (χ1v) is 9.17. The summed E-state index contributed by atoms with van der Waals surface area (Å²) in [5.41, 5.74) is 3.32. The third-order valence-corrected chi connectivity index (χ3v) is 4.85. The number of rotatable bonds is 7. The highest BCUT2D eigenvalue weighted by Crippen LogP contribution is 2.27. The van der Waals surface area contributed by atoms with Crippen molar-refractivity contribution >= 4 is 28.8 Å². The highest BCUT2D eigenvalue weighted by atomic mass is 32.1. The lowest BCUT2D eigenvalue weighted by Crippen LogP contribution is -2.38. The highest BCUT2D eigenvalue weighted by molar-refractivity contribution is 7.12. The Morgan fingerprint density at radius 3 is 2.25 bits per heavy atom. The van der Waals surface area contributed by atoms with E-state index in [1.54, 1.807) is 17.9 Å². The number of nitrogens with zero attached hydrogens (tertiary/aromatic N) is 1. The van der Waals surface area contributed by atoms with E-state index in [-0.39, 0.29) is 11.8 Å². The van der Waals surface area contributed by atoms with Gasteiger partial charge >= 0.3 is 0 Å². The molecule has 1 aromatic heterocycles. The summed E-state index contributed by atoms with van der Waals surface area (Å²) in [5.74, 6) is -0.0935. The monoisotopic (exact) mass is 344 g/mol. The van der Waals surface area contributed by atoms with Crippen molar-refractivity contribution in [2.45, 2.75) is 33.6 Å². The largest absolute Gasteiger partial charge is 0.350 e. The normalized spacial score (nSPS) is 10.5. The number of aryl methyl sites for hydroxylation is 2. The molecule has 0 saturated heterocycles. The number of amides is 2. The van der Waals surface area contributed by atoms with Gasteiger partial charge in [0.1, 0.15) is 0 Å². The van der Waals surface area contributed by atoms with Gasteiger partial charge < -0.3 is 10.2 Å². The maximum absolute atomic E-state index is 12.2. The molecule has 1 heterocycles. The molecule has 2 aromatic rings. The molecule has 0 fully saturated rings. The number of benzene rings is 1. The van der Waals surface area contributed by atoms with Crippen LogP contribution in [0.4, 0.5) is 5.69 Å². The molecule has 0 unspecified atom stereocenters. The van der Waals surface area contributed by atoms with Gasteiger partial charge in [-0.1, -0.05) is 38.1 Å². The van der Waals surface area contributed by atoms with Gasteiger partial charge in [-0.25, -0.2) is 0 Å². The molecule has 24 heavy (non-hydrogen) atoms. The first kappa shape index (κ1) is 18.2. The molecule has 128 valence electrons. The Balaban J connectivity index is 2.13. The van der Waals surface area contributed by atoms with E-state index in [1.165, 1.54) is 11.3 Å². The first-order valence-electron chi connectivity index (χ1n) is 8.29. The number of hydrogen-bond acceptors (Lipinski definition) is 3. The van der Waals surface area contributed by atoms with E-state index in [0.29, 0.717) is 18.0 Å². The average molecular weight is 344 g/mol. The number of hydrogen-bond donors (Lipinski definition) is 1. The lowest BCUT2D eigenvalue weighted by Gasteiger charge is -2.26. The van der Waals surface area contributed by atoms with E-state index in [4.69, 9.17) is 0 Å². The van der Waals surface area contributed by atoms with Crippen molar-refractivity contribution in [3.63, 3.8) is 0 Å². The predicted octanol–water partition coefficient (Wildman–Crippen LogP) is 3.66. The van der Waals surface area contributed by atoms with E-state index in [1.807, 2.05) is 17.5 Å². The summed E-state index contributed by atoms with van der Waals surface area (Å²) in [7, 11) is 0. The van der Waals surface area contributed by atoms with Crippen LogP contribution in [-0.4, -0.2) is 24.9 Å². The Hall–Kier alpha value is -2.14. The van der Waals surface area contributed by atoms with Crippen molar-refractivity contribution in [3.8, 4) is 0 Å². The van der Waals surface area contributed by atoms with Gasteiger partial charge in [0.15, 0.2) is 0 Å². The fourth-order valence-electron chi connectivity index (χ4n) is 2.76. The maximum Gasteiger partial charge on any atom is 0.261 e. The summed E-state index contributed by atoms with van der Waals surface area (Å²) in [6.45, 7) is 6.66. The van der Waals surface area contributed by atoms with Crippen LogP contribution in [0.5, 0.6) is 0 Å². The zero-order chi connectivity index (χ0) is 17.5. The van der Waals surface area contributed by atoms with E-state index >= 15 is 0 Å². The molecule has 1 N–H and O–H groups in total. The fraction of sp³-hybridized carbons (Fsp3) is 0.368. The van der Waals surface area contributed by atoms with Crippen LogP contribution in [0, 0.1) is 0 Å². The molecule has 0 radical (unpaired) electrons. The molecule has 4 nitrogen and oxygen atoms in total. The summed E-state index contributed by atoms with van der Waals surface area (Å²) in [5, 5.41) is 4.77. The summed E-state index contributed by atoms with van der Waals surface area (Å²) in [4.78, 5) is 26.7. The van der Waals surface area contributed by atoms with Crippen LogP contribution in [-0.2, 0) is 17.6 Å². The second-order valence-corrected chi connectivity index (χ2v) is 6.48. The SMILES string of the molecule is CCc1cccc(CC)c1N(CCNC(=O)c1cccs1)C(C)=O. The lowest BCUT2D eigenvalue weighted by atomic mass is 10.0. The molecule has 0 aliphatic rings. The maximum atomic E-state index is 12.2. The minimum absolute atomic E-state index is 0.00373. The Kier molecular flexibility index (Phi) is 6.55. The molecule has 1 aromatic carbocycles. The number of carbonyl (C=O) groups is 2. The van der Waals surface area contributed by atoms with Crippen LogP contribution in [0.1, 0.15) is 41.6 Å². The minimum atomic E-state index is -0.0898. The number of thiophene rings is 1. The molecule has 0 aliphatic heterocycles. The van der Waals surface area contributed by atoms with Gasteiger partial charge in [-0.15, -0.1) is 11.3 Å². The van der Waals surface area contributed by atoms with Gasteiger partial charge in [-0.2, -0.15) is 0 Å². The molecule has 0 atom stereocenters. The van der Waals surface area contributed by atoms with Gasteiger partial charge in [0.05, 0.1) is 10.6 Å². The zero-order valence-corrected chi connectivity index (χ0v) is 15.3. The molecular formula is C19H24N2O2S. The summed E-state index contributed by atoms with van der Waals surface area (Å²) < 4.78 is 0. The molecule has 5 heteroatoms. The smallest absolute Gasteiger partial charge is 0.261 e. The van der Waals surface area contributed by atoms with Crippen molar-refractivity contribution in [2.24, 2.45) is 0 Å². The van der Waals surface area contributed by atoms with Crippen molar-refractivity contribution in [1.82, 2.24) is 5.32 Å². The molecule has 2 rings (SSSR count). The van der Waals surface area contributed by atoms with Crippen molar-refractivity contribution < 1.29 is 9.59 Å². The molecule has 0 saturated carbocycles. The van der Waals surface area contributed by atoms with Crippen LogP contribution >= 0.6 is 11.3 Å². The Bertz CT molecular complexity index is 673. The van der Waals surface area contributed by atoms with Gasteiger partial charge in [0, 0.05) is 20.0 Å². The van der Waals surface area contributed by atoms with Crippen molar-refractivity contribution in [2.75, 3.05) is 18.0 Å². The number of nitrogens with one attached hydrogen (secondary N) is 1. The topological polar surface area (TPSA) is 49.4 Å². The van der Waals surface area contributed by atoms with Crippen LogP contribution in [0.15, 0.2) is 35.7 Å². The first-order chi connectivity index (χ1) is 11.6. The standard InChI is InChI=1S/C19H24N2O2S/c1-4-15-8-6-9-16(5-2)18(15)21(14(3)22)12-11-20-19(23)17-10-7-13-24-17/h6-10,13H,4-5,11-12H2,1-3H3,(H,20,23). The molecule has 2 amide bonds. The number of para-hydroxylation sites is 1. The predicted molar refractivity (Wildman–Crippen MR) is 99.9 cm³/mol. The van der Waals surface area contributed by atoms with Crippen molar-refractivity contribution in [1.29, 1.82) is 0 Å². The molecular weight excluding hydrogens is 320 g/mol. The van der Waals surface area contributed by atoms with Crippen LogP contribution in [0.2, 0.25) is 0 Å². The van der Waals surface area contributed by atoms with E-state index < -0.39 is 0 Å². The van der Waals surface area contributed by atoms with E-state index in [0.717, 1.165) is 29.7 Å². The minimum Gasteiger partial charge on any atom is -0.350 e.